The molecule has 8 nitrogen and oxygen atoms in total. The number of carbonyl (C=O) groups is 1. The maximum absolute atomic E-state index is 12.2. The number of esters is 1. The Balaban J connectivity index is 2.72. The van der Waals surface area contributed by atoms with Gasteiger partial charge in [-0.3, -0.25) is 18.7 Å². The third kappa shape index (κ3) is 2.20. The van der Waals surface area contributed by atoms with Crippen LogP contribution >= 0.6 is 0 Å². The van der Waals surface area contributed by atoms with Gasteiger partial charge in [-0.1, -0.05) is 0 Å². The van der Waals surface area contributed by atoms with E-state index in [0.29, 0.717) is 0 Å². The van der Waals surface area contributed by atoms with Crippen molar-refractivity contribution < 1.29 is 9.53 Å². The highest BCUT2D eigenvalue weighted by atomic mass is 16.5. The van der Waals surface area contributed by atoms with Crippen molar-refractivity contribution >= 4 is 17.0 Å². The first-order valence-electron chi connectivity index (χ1n) is 6.02. The number of nitrogens with zero attached hydrogens (tertiary/aromatic N) is 4. The van der Waals surface area contributed by atoms with Crippen LogP contribution in [-0.2, 0) is 30.0 Å². The van der Waals surface area contributed by atoms with Gasteiger partial charge < -0.3 is 4.74 Å². The normalized spacial score (nSPS) is 10.8. The predicted octanol–water partition coefficient (Wildman–Crippen LogP) is -0.867. The summed E-state index contributed by atoms with van der Waals surface area (Å²) < 4.78 is 7.04. The molecular weight excluding hydrogens is 264 g/mol. The molecule has 0 aromatic carbocycles. The lowest BCUT2D eigenvalue weighted by Crippen LogP contribution is -2.38. The molecule has 0 fully saturated rings. The molecule has 106 valence electrons. The summed E-state index contributed by atoms with van der Waals surface area (Å²) in [5.41, 5.74) is -0.552. The summed E-state index contributed by atoms with van der Waals surface area (Å²) >= 11 is 0. The van der Waals surface area contributed by atoms with Gasteiger partial charge in [0.1, 0.15) is 11.7 Å². The Morgan fingerprint density at radius 3 is 2.60 bits per heavy atom. The lowest BCUT2D eigenvalue weighted by molar-refractivity contribution is -0.142. The highest BCUT2D eigenvalue weighted by molar-refractivity contribution is 5.82. The molecule has 20 heavy (non-hydrogen) atoms. The number of carbonyl (C=O) groups excluding carboxylic acids is 1. The van der Waals surface area contributed by atoms with E-state index in [9.17, 15) is 14.4 Å². The van der Waals surface area contributed by atoms with Crippen LogP contribution in [0, 0.1) is 0 Å². The molecule has 2 aromatic heterocycles. The highest BCUT2D eigenvalue weighted by Crippen LogP contribution is 2.09. The molecule has 0 N–H and O–H groups in total. The van der Waals surface area contributed by atoms with Gasteiger partial charge in [0.15, 0.2) is 5.65 Å². The summed E-state index contributed by atoms with van der Waals surface area (Å²) in [5.74, 6) is -0.483. The van der Waals surface area contributed by atoms with E-state index in [0.717, 1.165) is 4.57 Å². The van der Waals surface area contributed by atoms with Crippen molar-refractivity contribution in [2.24, 2.45) is 14.1 Å². The fourth-order valence-electron chi connectivity index (χ4n) is 1.94. The van der Waals surface area contributed by atoms with E-state index in [2.05, 4.69) is 9.97 Å². The topological polar surface area (TPSA) is 96.1 Å². The van der Waals surface area contributed by atoms with Crippen molar-refractivity contribution in [1.82, 2.24) is 19.1 Å². The first-order chi connectivity index (χ1) is 9.47. The first kappa shape index (κ1) is 13.9. The van der Waals surface area contributed by atoms with Gasteiger partial charge in [-0.15, -0.1) is 0 Å². The molecule has 8 heteroatoms. The van der Waals surface area contributed by atoms with E-state index in [1.807, 2.05) is 0 Å². The number of aromatic nitrogens is 4. The minimum absolute atomic E-state index is 0.139. The third-order valence-corrected chi connectivity index (χ3v) is 2.93. The summed E-state index contributed by atoms with van der Waals surface area (Å²) in [5, 5.41) is 0.158. The summed E-state index contributed by atoms with van der Waals surface area (Å²) in [6, 6.07) is 0. The van der Waals surface area contributed by atoms with Crippen molar-refractivity contribution in [1.29, 1.82) is 0 Å². The van der Waals surface area contributed by atoms with Crippen molar-refractivity contribution in [2.45, 2.75) is 13.3 Å². The molecule has 0 bridgehead atoms. The SMILES string of the molecule is CCOC(=O)Cc1ncnc2c1c(=O)n(C)c(=O)n2C. The van der Waals surface area contributed by atoms with Gasteiger partial charge in [0, 0.05) is 14.1 Å². The van der Waals surface area contributed by atoms with E-state index in [4.69, 9.17) is 4.74 Å². The number of ether oxygens (including phenoxy) is 1. The van der Waals surface area contributed by atoms with Gasteiger partial charge in [0.05, 0.1) is 18.7 Å². The fourth-order valence-corrected chi connectivity index (χ4v) is 1.94. The molecule has 2 rings (SSSR count). The average Bonchev–Trinajstić information content (AvgIpc) is 2.43. The Labute approximate surface area is 113 Å². The van der Waals surface area contributed by atoms with Crippen LogP contribution in [-0.4, -0.2) is 31.7 Å². The quantitative estimate of drug-likeness (QED) is 0.677. The number of aryl methyl sites for hydroxylation is 1. The minimum atomic E-state index is -0.525. The number of fused-ring (bicyclic) bond motifs is 1. The maximum Gasteiger partial charge on any atom is 0.332 e. The molecule has 0 spiro atoms. The molecule has 0 saturated heterocycles. The van der Waals surface area contributed by atoms with Crippen molar-refractivity contribution in [3.05, 3.63) is 32.9 Å². The van der Waals surface area contributed by atoms with Crippen LogP contribution in [0.25, 0.3) is 11.0 Å². The van der Waals surface area contributed by atoms with Crippen molar-refractivity contribution in [3.8, 4) is 0 Å². The van der Waals surface area contributed by atoms with Crippen LogP contribution < -0.4 is 11.2 Å². The standard InChI is InChI=1S/C12H14N4O4/c1-4-20-8(17)5-7-9-10(14-6-13-7)15(2)12(19)16(3)11(9)18/h6H,4-5H2,1-3H3. The van der Waals surface area contributed by atoms with Gasteiger partial charge in [-0.05, 0) is 6.92 Å². The Morgan fingerprint density at radius 1 is 1.25 bits per heavy atom. The summed E-state index contributed by atoms with van der Waals surface area (Å²) in [6.07, 6.45) is 1.08. The summed E-state index contributed by atoms with van der Waals surface area (Å²) in [6.45, 7) is 1.94. The van der Waals surface area contributed by atoms with E-state index in [1.54, 1.807) is 6.92 Å². The fraction of sp³-hybridized carbons (Fsp3) is 0.417. The zero-order chi connectivity index (χ0) is 14.9. The molecule has 0 atom stereocenters. The van der Waals surface area contributed by atoms with Crippen LogP contribution in [0.1, 0.15) is 12.6 Å². The van der Waals surface area contributed by atoms with E-state index in [-0.39, 0.29) is 29.8 Å². The number of rotatable bonds is 3. The molecule has 0 saturated carbocycles. The van der Waals surface area contributed by atoms with Crippen molar-refractivity contribution in [2.75, 3.05) is 6.61 Å². The molecule has 0 radical (unpaired) electrons. The Morgan fingerprint density at radius 2 is 1.95 bits per heavy atom. The second kappa shape index (κ2) is 5.24. The van der Waals surface area contributed by atoms with E-state index >= 15 is 0 Å². The Bertz CT molecular complexity index is 790. The van der Waals surface area contributed by atoms with Crippen LogP contribution in [0.3, 0.4) is 0 Å². The molecular formula is C12H14N4O4. The van der Waals surface area contributed by atoms with Gasteiger partial charge >= 0.3 is 11.7 Å². The summed E-state index contributed by atoms with van der Waals surface area (Å²) in [4.78, 5) is 43.4. The van der Waals surface area contributed by atoms with Gasteiger partial charge in [-0.25, -0.2) is 14.8 Å². The van der Waals surface area contributed by atoms with Gasteiger partial charge in [0.2, 0.25) is 0 Å². The first-order valence-corrected chi connectivity index (χ1v) is 6.02. The highest BCUT2D eigenvalue weighted by Gasteiger charge is 2.16. The lowest BCUT2D eigenvalue weighted by Gasteiger charge is -2.09. The average molecular weight is 278 g/mol. The zero-order valence-corrected chi connectivity index (χ0v) is 11.4. The zero-order valence-electron chi connectivity index (χ0n) is 11.4. The lowest BCUT2D eigenvalue weighted by atomic mass is 10.2. The molecule has 0 aliphatic heterocycles. The minimum Gasteiger partial charge on any atom is -0.466 e. The van der Waals surface area contributed by atoms with Crippen molar-refractivity contribution in [3.63, 3.8) is 0 Å². The largest absolute Gasteiger partial charge is 0.466 e. The second-order valence-electron chi connectivity index (χ2n) is 4.21. The van der Waals surface area contributed by atoms with Crippen LogP contribution in [0.15, 0.2) is 15.9 Å². The number of hydrogen-bond donors (Lipinski definition) is 0. The van der Waals surface area contributed by atoms with Crippen LogP contribution in [0.4, 0.5) is 0 Å². The molecule has 0 aliphatic carbocycles. The van der Waals surface area contributed by atoms with Gasteiger partial charge in [-0.2, -0.15) is 0 Å². The number of hydrogen-bond acceptors (Lipinski definition) is 6. The van der Waals surface area contributed by atoms with Gasteiger partial charge in [0.25, 0.3) is 5.56 Å². The third-order valence-electron chi connectivity index (χ3n) is 2.93. The molecule has 0 amide bonds. The molecule has 0 unspecified atom stereocenters. The monoisotopic (exact) mass is 278 g/mol. The second-order valence-corrected chi connectivity index (χ2v) is 4.21. The Hall–Kier alpha value is -2.51. The summed E-state index contributed by atoms with van der Waals surface area (Å²) in [7, 11) is 2.87. The smallest absolute Gasteiger partial charge is 0.332 e. The van der Waals surface area contributed by atoms with Crippen LogP contribution in [0.5, 0.6) is 0 Å². The van der Waals surface area contributed by atoms with Crippen LogP contribution in [0.2, 0.25) is 0 Å². The molecule has 0 aliphatic rings. The van der Waals surface area contributed by atoms with E-state index in [1.165, 1.54) is 25.0 Å². The molecule has 2 heterocycles. The maximum atomic E-state index is 12.2. The Kier molecular flexibility index (Phi) is 3.64. The molecule has 2 aromatic rings. The van der Waals surface area contributed by atoms with E-state index < -0.39 is 17.2 Å². The predicted molar refractivity (Wildman–Crippen MR) is 70.4 cm³/mol.